The van der Waals surface area contributed by atoms with Crippen molar-refractivity contribution in [2.24, 2.45) is 5.92 Å². The summed E-state index contributed by atoms with van der Waals surface area (Å²) in [6, 6.07) is 3.68. The summed E-state index contributed by atoms with van der Waals surface area (Å²) < 4.78 is 1.79. The van der Waals surface area contributed by atoms with E-state index in [1.165, 1.54) is 0 Å². The average molecular weight is 236 g/mol. The Labute approximate surface area is 104 Å². The third-order valence-corrected chi connectivity index (χ3v) is 2.71. The van der Waals surface area contributed by atoms with Crippen molar-refractivity contribution in [2.75, 3.05) is 13.1 Å². The van der Waals surface area contributed by atoms with Crippen LogP contribution in [0.4, 0.5) is 0 Å². The average Bonchev–Trinajstić information content (AvgIpc) is 2.25. The van der Waals surface area contributed by atoms with E-state index in [0.29, 0.717) is 5.92 Å². The largest absolute Gasteiger partial charge is 0.316 e. The van der Waals surface area contributed by atoms with Crippen LogP contribution in [0.1, 0.15) is 32.3 Å². The fraction of sp³-hybridized carbons (Fsp3) is 0.643. The van der Waals surface area contributed by atoms with Crippen molar-refractivity contribution in [2.45, 2.75) is 40.2 Å². The van der Waals surface area contributed by atoms with E-state index in [9.17, 15) is 4.79 Å². The van der Waals surface area contributed by atoms with Crippen LogP contribution in [0.2, 0.25) is 0 Å². The van der Waals surface area contributed by atoms with E-state index in [1.807, 2.05) is 19.2 Å². The number of pyridine rings is 1. The molecular formula is C14H24N2O. The molecule has 0 aromatic carbocycles. The normalized spacial score (nSPS) is 11.1. The van der Waals surface area contributed by atoms with Crippen LogP contribution in [0.25, 0.3) is 0 Å². The lowest BCUT2D eigenvalue weighted by Gasteiger charge is -2.08. The van der Waals surface area contributed by atoms with Crippen molar-refractivity contribution in [3.63, 3.8) is 0 Å². The van der Waals surface area contributed by atoms with Gasteiger partial charge in [0.05, 0.1) is 0 Å². The minimum absolute atomic E-state index is 0.111. The molecule has 0 bridgehead atoms. The van der Waals surface area contributed by atoms with Gasteiger partial charge < -0.3 is 9.88 Å². The predicted molar refractivity (Wildman–Crippen MR) is 72.4 cm³/mol. The number of hydrogen-bond donors (Lipinski definition) is 1. The number of nitrogens with zero attached hydrogens (tertiary/aromatic N) is 1. The number of aryl methyl sites for hydroxylation is 2. The highest BCUT2D eigenvalue weighted by Gasteiger charge is 1.96. The molecule has 1 aromatic rings. The van der Waals surface area contributed by atoms with Gasteiger partial charge in [-0.15, -0.1) is 0 Å². The second-order valence-corrected chi connectivity index (χ2v) is 5.04. The highest BCUT2D eigenvalue weighted by molar-refractivity contribution is 5.07. The first-order valence-electron chi connectivity index (χ1n) is 6.47. The van der Waals surface area contributed by atoms with Gasteiger partial charge in [-0.2, -0.15) is 0 Å². The van der Waals surface area contributed by atoms with E-state index < -0.39 is 0 Å². The quantitative estimate of drug-likeness (QED) is 0.736. The van der Waals surface area contributed by atoms with Crippen LogP contribution in [0.5, 0.6) is 0 Å². The van der Waals surface area contributed by atoms with E-state index in [4.69, 9.17) is 0 Å². The van der Waals surface area contributed by atoms with E-state index in [-0.39, 0.29) is 5.56 Å². The van der Waals surface area contributed by atoms with Crippen molar-refractivity contribution < 1.29 is 0 Å². The van der Waals surface area contributed by atoms with E-state index in [0.717, 1.165) is 38.0 Å². The van der Waals surface area contributed by atoms with Gasteiger partial charge in [-0.05, 0) is 50.4 Å². The minimum Gasteiger partial charge on any atom is -0.316 e. The van der Waals surface area contributed by atoms with Crippen LogP contribution < -0.4 is 10.9 Å². The molecule has 0 spiro atoms. The van der Waals surface area contributed by atoms with Crippen LogP contribution in [-0.2, 0) is 6.54 Å². The second-order valence-electron chi connectivity index (χ2n) is 5.04. The second kappa shape index (κ2) is 7.28. The standard InChI is InChI=1S/C14H24N2O/c1-12(2)11-15-7-4-5-8-16-9-6-13(3)10-14(16)17/h6,9-10,12,15H,4-5,7-8,11H2,1-3H3. The van der Waals surface area contributed by atoms with Crippen molar-refractivity contribution in [3.8, 4) is 0 Å². The molecule has 96 valence electrons. The summed E-state index contributed by atoms with van der Waals surface area (Å²) in [5, 5.41) is 3.41. The smallest absolute Gasteiger partial charge is 0.250 e. The van der Waals surface area contributed by atoms with Crippen LogP contribution in [0, 0.1) is 12.8 Å². The first-order chi connectivity index (χ1) is 8.09. The lowest BCUT2D eigenvalue weighted by molar-refractivity contribution is 0.516. The van der Waals surface area contributed by atoms with Gasteiger partial charge in [0, 0.05) is 18.8 Å². The molecule has 0 saturated heterocycles. The van der Waals surface area contributed by atoms with Gasteiger partial charge in [-0.3, -0.25) is 4.79 Å². The Morgan fingerprint density at radius 2 is 2.12 bits per heavy atom. The minimum atomic E-state index is 0.111. The molecule has 0 aliphatic heterocycles. The molecule has 3 heteroatoms. The fourth-order valence-electron chi connectivity index (χ4n) is 1.71. The van der Waals surface area contributed by atoms with E-state index >= 15 is 0 Å². The SMILES string of the molecule is Cc1ccn(CCCCNCC(C)C)c(=O)c1. The van der Waals surface area contributed by atoms with Gasteiger partial charge in [-0.25, -0.2) is 0 Å². The number of aromatic nitrogens is 1. The van der Waals surface area contributed by atoms with Gasteiger partial charge in [0.2, 0.25) is 0 Å². The Kier molecular flexibility index (Phi) is 5.98. The van der Waals surface area contributed by atoms with Crippen molar-refractivity contribution in [1.82, 2.24) is 9.88 Å². The zero-order valence-corrected chi connectivity index (χ0v) is 11.2. The number of nitrogens with one attached hydrogen (secondary N) is 1. The molecule has 0 amide bonds. The molecule has 0 saturated carbocycles. The fourth-order valence-corrected chi connectivity index (χ4v) is 1.71. The highest BCUT2D eigenvalue weighted by Crippen LogP contribution is 1.95. The zero-order valence-electron chi connectivity index (χ0n) is 11.2. The molecule has 0 radical (unpaired) electrons. The predicted octanol–water partition coefficient (Wildman–Crippen LogP) is 2.18. The summed E-state index contributed by atoms with van der Waals surface area (Å²) >= 11 is 0. The molecule has 0 aliphatic carbocycles. The summed E-state index contributed by atoms with van der Waals surface area (Å²) in [5.74, 6) is 0.703. The zero-order chi connectivity index (χ0) is 12.7. The summed E-state index contributed by atoms with van der Waals surface area (Å²) in [6.45, 7) is 9.30. The number of hydrogen-bond acceptors (Lipinski definition) is 2. The van der Waals surface area contributed by atoms with Crippen molar-refractivity contribution >= 4 is 0 Å². The van der Waals surface area contributed by atoms with Crippen LogP contribution in [0.3, 0.4) is 0 Å². The van der Waals surface area contributed by atoms with Gasteiger partial charge in [-0.1, -0.05) is 13.8 Å². The molecular weight excluding hydrogens is 212 g/mol. The molecule has 3 nitrogen and oxygen atoms in total. The summed E-state index contributed by atoms with van der Waals surface area (Å²) in [7, 11) is 0. The highest BCUT2D eigenvalue weighted by atomic mass is 16.1. The maximum atomic E-state index is 11.6. The van der Waals surface area contributed by atoms with Gasteiger partial charge in [0.15, 0.2) is 0 Å². The van der Waals surface area contributed by atoms with Crippen molar-refractivity contribution in [1.29, 1.82) is 0 Å². The molecule has 0 aliphatic rings. The molecule has 17 heavy (non-hydrogen) atoms. The van der Waals surface area contributed by atoms with Crippen LogP contribution >= 0.6 is 0 Å². The van der Waals surface area contributed by atoms with E-state index in [2.05, 4.69) is 19.2 Å². The molecule has 0 fully saturated rings. The van der Waals surface area contributed by atoms with Gasteiger partial charge in [0.25, 0.3) is 5.56 Å². The summed E-state index contributed by atoms with van der Waals surface area (Å²) in [5.41, 5.74) is 1.14. The van der Waals surface area contributed by atoms with Crippen molar-refractivity contribution in [3.05, 3.63) is 34.2 Å². The van der Waals surface area contributed by atoms with Gasteiger partial charge >= 0.3 is 0 Å². The first kappa shape index (κ1) is 14.0. The molecule has 1 rings (SSSR count). The Bertz CT molecular complexity index is 382. The van der Waals surface area contributed by atoms with Gasteiger partial charge in [0.1, 0.15) is 0 Å². The molecule has 1 aromatic heterocycles. The maximum absolute atomic E-state index is 11.6. The Balaban J connectivity index is 2.20. The van der Waals surface area contributed by atoms with Crippen LogP contribution in [0.15, 0.2) is 23.1 Å². The third kappa shape index (κ3) is 5.68. The third-order valence-electron chi connectivity index (χ3n) is 2.71. The molecule has 0 unspecified atom stereocenters. The number of unbranched alkanes of at least 4 members (excludes halogenated alkanes) is 1. The first-order valence-corrected chi connectivity index (χ1v) is 6.47. The Morgan fingerprint density at radius 1 is 1.35 bits per heavy atom. The van der Waals surface area contributed by atoms with E-state index in [1.54, 1.807) is 10.6 Å². The molecule has 1 heterocycles. The molecule has 0 atom stereocenters. The topological polar surface area (TPSA) is 34.0 Å². The van der Waals surface area contributed by atoms with Crippen LogP contribution in [-0.4, -0.2) is 17.7 Å². The lowest BCUT2D eigenvalue weighted by atomic mass is 10.2. The lowest BCUT2D eigenvalue weighted by Crippen LogP contribution is -2.22. The summed E-state index contributed by atoms with van der Waals surface area (Å²) in [4.78, 5) is 11.6. The summed E-state index contributed by atoms with van der Waals surface area (Å²) in [6.07, 6.45) is 4.06. The monoisotopic (exact) mass is 236 g/mol. The Hall–Kier alpha value is -1.09. The maximum Gasteiger partial charge on any atom is 0.250 e. The molecule has 1 N–H and O–H groups in total. The Morgan fingerprint density at radius 3 is 2.76 bits per heavy atom. The number of rotatable bonds is 7.